The van der Waals surface area contributed by atoms with Gasteiger partial charge in [-0.2, -0.15) is 0 Å². The molecule has 0 spiro atoms. The first-order valence-corrected chi connectivity index (χ1v) is 16.4. The molecule has 1 aliphatic heterocycles. The van der Waals surface area contributed by atoms with Gasteiger partial charge in [-0.25, -0.2) is 17.9 Å². The lowest BCUT2D eigenvalue weighted by Crippen LogP contribution is -2.50. The maximum atomic E-state index is 13.8. The van der Waals surface area contributed by atoms with Crippen LogP contribution in [-0.4, -0.2) is 62.5 Å². The first kappa shape index (κ1) is 32.9. The van der Waals surface area contributed by atoms with E-state index in [0.29, 0.717) is 41.5 Å². The molecule has 3 N–H and O–H groups in total. The second-order valence-electron chi connectivity index (χ2n) is 12.2. The number of piperidine rings is 1. The third kappa shape index (κ3) is 8.15. The minimum absolute atomic E-state index is 0.104. The van der Waals surface area contributed by atoms with E-state index in [1.807, 2.05) is 26.0 Å². The minimum atomic E-state index is -3.97. The lowest BCUT2D eigenvalue weighted by atomic mass is 9.90. The molecule has 236 valence electrons. The van der Waals surface area contributed by atoms with Gasteiger partial charge < -0.3 is 20.3 Å². The van der Waals surface area contributed by atoms with Gasteiger partial charge in [-0.05, 0) is 76.6 Å². The van der Waals surface area contributed by atoms with Crippen molar-refractivity contribution in [3.05, 3.63) is 71.8 Å². The van der Waals surface area contributed by atoms with Gasteiger partial charge in [0.05, 0.1) is 4.90 Å². The molecule has 0 saturated carbocycles. The van der Waals surface area contributed by atoms with Crippen molar-refractivity contribution in [3.63, 3.8) is 0 Å². The predicted molar refractivity (Wildman–Crippen MR) is 171 cm³/mol. The molecule has 3 amide bonds. The first-order chi connectivity index (χ1) is 20.8. The number of sulfonamides is 1. The Labute approximate surface area is 259 Å². The number of rotatable bonds is 9. The zero-order valence-electron chi connectivity index (χ0n) is 26.0. The van der Waals surface area contributed by atoms with Crippen molar-refractivity contribution >= 4 is 44.4 Å². The number of anilines is 1. The van der Waals surface area contributed by atoms with Crippen molar-refractivity contribution < 1.29 is 27.5 Å². The quantitative estimate of drug-likeness (QED) is 0.300. The summed E-state index contributed by atoms with van der Waals surface area (Å²) in [4.78, 5) is 39.7. The fourth-order valence-electron chi connectivity index (χ4n) is 5.55. The van der Waals surface area contributed by atoms with Crippen LogP contribution in [0.4, 0.5) is 10.5 Å². The second kappa shape index (κ2) is 13.8. The Bertz CT molecular complexity index is 1630. The summed E-state index contributed by atoms with van der Waals surface area (Å²) in [6.07, 6.45) is 1.35. The molecule has 10 nitrogen and oxygen atoms in total. The second-order valence-corrected chi connectivity index (χ2v) is 13.8. The lowest BCUT2D eigenvalue weighted by Gasteiger charge is -2.37. The van der Waals surface area contributed by atoms with Crippen molar-refractivity contribution in [2.24, 2.45) is 5.92 Å². The molecule has 3 aromatic rings. The third-order valence-corrected chi connectivity index (χ3v) is 9.27. The number of hydrogen-bond acceptors (Lipinski definition) is 6. The Morgan fingerprint density at radius 2 is 1.68 bits per heavy atom. The van der Waals surface area contributed by atoms with Crippen LogP contribution in [0.2, 0.25) is 0 Å². The molecule has 3 aromatic carbocycles. The summed E-state index contributed by atoms with van der Waals surface area (Å²) in [5.74, 6) is -0.619. The van der Waals surface area contributed by atoms with Gasteiger partial charge in [0, 0.05) is 41.2 Å². The number of alkyl carbamates (subject to hydrolysis) is 1. The zero-order chi connectivity index (χ0) is 32.1. The number of aryl methyl sites for hydroxylation is 1. The van der Waals surface area contributed by atoms with Crippen LogP contribution < -0.4 is 15.4 Å². The fourth-order valence-corrected chi connectivity index (χ4v) is 7.15. The normalized spacial score (nSPS) is 16.3. The molecule has 1 saturated heterocycles. The summed E-state index contributed by atoms with van der Waals surface area (Å²) < 4.78 is 35.8. The molecule has 0 bridgehead atoms. The van der Waals surface area contributed by atoms with Gasteiger partial charge in [-0.3, -0.25) is 9.59 Å². The number of nitrogens with zero attached hydrogens (tertiary/aromatic N) is 1. The molecule has 0 radical (unpaired) electrons. The monoisotopic (exact) mass is 622 g/mol. The molecule has 0 aromatic heterocycles. The van der Waals surface area contributed by atoms with E-state index in [0.717, 1.165) is 18.4 Å². The predicted octanol–water partition coefficient (Wildman–Crippen LogP) is 5.22. The van der Waals surface area contributed by atoms with Crippen molar-refractivity contribution in [1.82, 2.24) is 14.9 Å². The highest BCUT2D eigenvalue weighted by molar-refractivity contribution is 7.89. The van der Waals surface area contributed by atoms with Crippen LogP contribution in [0.25, 0.3) is 10.8 Å². The van der Waals surface area contributed by atoms with E-state index >= 15 is 0 Å². The number of likely N-dealkylation sites (tertiary alicyclic amines) is 1. The van der Waals surface area contributed by atoms with Crippen LogP contribution >= 0.6 is 0 Å². The Morgan fingerprint density at radius 1 is 1.00 bits per heavy atom. The van der Waals surface area contributed by atoms with E-state index in [4.69, 9.17) is 4.74 Å². The highest BCUT2D eigenvalue weighted by atomic mass is 32.2. The van der Waals surface area contributed by atoms with Gasteiger partial charge in [-0.1, -0.05) is 49.4 Å². The third-order valence-electron chi connectivity index (χ3n) is 7.72. The summed E-state index contributed by atoms with van der Waals surface area (Å²) in [5.41, 5.74) is 1.23. The standard InChI is InChI=1S/C33H42N4O6S/c1-6-27(23-13-11-19-37(21-23)30(38)20-34-32(40)43-33(3,4)5)36-44(41,42)29-18-17-28(25-15-9-10-16-26(25)29)35-31(39)24-14-8-7-12-22(24)2/h7-10,12,14-18,23,27,36H,6,11,13,19-21H2,1-5H3,(H,34,40)(H,35,39). The van der Waals surface area contributed by atoms with Crippen LogP contribution in [0.15, 0.2) is 65.6 Å². The van der Waals surface area contributed by atoms with Gasteiger partial charge in [0.2, 0.25) is 15.9 Å². The van der Waals surface area contributed by atoms with Gasteiger partial charge in [-0.15, -0.1) is 0 Å². The molecule has 2 unspecified atom stereocenters. The van der Waals surface area contributed by atoms with Gasteiger partial charge in [0.25, 0.3) is 5.91 Å². The SMILES string of the molecule is CCC(NS(=O)(=O)c1ccc(NC(=O)c2ccccc2C)c2ccccc12)C1CCCN(C(=O)CNC(=O)OC(C)(C)C)C1. The Kier molecular flexibility index (Phi) is 10.3. The number of ether oxygens (including phenoxy) is 1. The molecule has 11 heteroatoms. The van der Waals surface area contributed by atoms with Crippen LogP contribution in [0.3, 0.4) is 0 Å². The number of amides is 3. The number of hydrogen-bond donors (Lipinski definition) is 3. The summed E-state index contributed by atoms with van der Waals surface area (Å²) in [6, 6.07) is 17.1. The summed E-state index contributed by atoms with van der Waals surface area (Å²) in [7, 11) is -3.97. The molecule has 1 heterocycles. The van der Waals surface area contributed by atoms with Crippen molar-refractivity contribution in [2.45, 2.75) is 70.4 Å². The molecule has 4 rings (SSSR count). The number of carbonyl (C=O) groups excluding carboxylic acids is 3. The van der Waals surface area contributed by atoms with Gasteiger partial charge >= 0.3 is 6.09 Å². The maximum absolute atomic E-state index is 13.8. The molecule has 1 fully saturated rings. The summed E-state index contributed by atoms with van der Waals surface area (Å²) >= 11 is 0. The van der Waals surface area contributed by atoms with E-state index < -0.39 is 27.8 Å². The largest absolute Gasteiger partial charge is 0.444 e. The van der Waals surface area contributed by atoms with E-state index in [1.54, 1.807) is 68.1 Å². The minimum Gasteiger partial charge on any atom is -0.444 e. The Morgan fingerprint density at radius 3 is 2.36 bits per heavy atom. The average molecular weight is 623 g/mol. The number of carbonyl (C=O) groups is 3. The van der Waals surface area contributed by atoms with E-state index in [2.05, 4.69) is 15.4 Å². The first-order valence-electron chi connectivity index (χ1n) is 14.9. The Balaban J connectivity index is 1.48. The maximum Gasteiger partial charge on any atom is 0.408 e. The fraction of sp³-hybridized carbons (Fsp3) is 0.424. The highest BCUT2D eigenvalue weighted by Gasteiger charge is 2.32. The lowest BCUT2D eigenvalue weighted by molar-refractivity contribution is -0.132. The van der Waals surface area contributed by atoms with Crippen molar-refractivity contribution in [2.75, 3.05) is 25.0 Å². The van der Waals surface area contributed by atoms with Crippen LogP contribution in [0.5, 0.6) is 0 Å². The zero-order valence-corrected chi connectivity index (χ0v) is 26.8. The van der Waals surface area contributed by atoms with Crippen molar-refractivity contribution in [1.29, 1.82) is 0 Å². The smallest absolute Gasteiger partial charge is 0.408 e. The topological polar surface area (TPSA) is 134 Å². The summed E-state index contributed by atoms with van der Waals surface area (Å²) in [5, 5.41) is 6.55. The van der Waals surface area contributed by atoms with Crippen LogP contribution in [0, 0.1) is 12.8 Å². The molecule has 44 heavy (non-hydrogen) atoms. The van der Waals surface area contributed by atoms with Crippen LogP contribution in [-0.2, 0) is 19.6 Å². The molecule has 1 aliphatic rings. The number of benzene rings is 3. The van der Waals surface area contributed by atoms with E-state index in [9.17, 15) is 22.8 Å². The van der Waals surface area contributed by atoms with E-state index in [1.165, 1.54) is 6.07 Å². The number of nitrogens with one attached hydrogen (secondary N) is 3. The Hall–Kier alpha value is -3.96. The molecular formula is C33H42N4O6S. The van der Waals surface area contributed by atoms with E-state index in [-0.39, 0.29) is 29.2 Å². The summed E-state index contributed by atoms with van der Waals surface area (Å²) in [6.45, 7) is 9.74. The van der Waals surface area contributed by atoms with Crippen molar-refractivity contribution in [3.8, 4) is 0 Å². The average Bonchev–Trinajstić information content (AvgIpc) is 2.98. The molecular weight excluding hydrogens is 580 g/mol. The van der Waals surface area contributed by atoms with Gasteiger partial charge in [0.15, 0.2) is 0 Å². The number of fused-ring (bicyclic) bond motifs is 1. The van der Waals surface area contributed by atoms with Gasteiger partial charge in [0.1, 0.15) is 12.1 Å². The van der Waals surface area contributed by atoms with Crippen LogP contribution in [0.1, 0.15) is 62.9 Å². The molecule has 2 atom stereocenters. The highest BCUT2D eigenvalue weighted by Crippen LogP contribution is 2.31. The molecule has 0 aliphatic carbocycles.